The van der Waals surface area contributed by atoms with Gasteiger partial charge in [-0.25, -0.2) is 0 Å². The van der Waals surface area contributed by atoms with Gasteiger partial charge in [-0.3, -0.25) is 14.6 Å². The average molecular weight is 359 g/mol. The second kappa shape index (κ2) is 6.84. The summed E-state index contributed by atoms with van der Waals surface area (Å²) in [6.45, 7) is 2.40. The quantitative estimate of drug-likeness (QED) is 0.907. The lowest BCUT2D eigenvalue weighted by Crippen LogP contribution is -2.48. The number of carbonyl (C=O) groups is 2. The number of aromatic nitrogens is 1. The van der Waals surface area contributed by atoms with Crippen molar-refractivity contribution in [1.29, 1.82) is 0 Å². The number of carbonyl (C=O) groups excluding carboxylic acids is 1. The van der Waals surface area contributed by atoms with E-state index >= 15 is 0 Å². The number of hydrogen-bond acceptors (Lipinski definition) is 3. The maximum Gasteiger partial charge on any atom is 0.311 e. The normalized spacial score (nSPS) is 20.3. The zero-order valence-electron chi connectivity index (χ0n) is 13.9. The molecule has 0 radical (unpaired) electrons. The van der Waals surface area contributed by atoms with E-state index in [4.69, 9.17) is 11.6 Å². The second-order valence-electron chi connectivity index (χ2n) is 6.61. The first-order valence-electron chi connectivity index (χ1n) is 8.14. The Labute approximate surface area is 151 Å². The van der Waals surface area contributed by atoms with Crippen molar-refractivity contribution < 1.29 is 14.7 Å². The molecule has 0 bridgehead atoms. The van der Waals surface area contributed by atoms with E-state index < -0.39 is 11.4 Å². The number of amides is 1. The van der Waals surface area contributed by atoms with Crippen LogP contribution in [0.2, 0.25) is 5.02 Å². The van der Waals surface area contributed by atoms with Gasteiger partial charge in [0.25, 0.3) is 5.91 Å². The lowest BCUT2D eigenvalue weighted by Gasteiger charge is -2.37. The van der Waals surface area contributed by atoms with Crippen molar-refractivity contribution >= 4 is 23.5 Å². The van der Waals surface area contributed by atoms with Gasteiger partial charge in [-0.1, -0.05) is 23.7 Å². The summed E-state index contributed by atoms with van der Waals surface area (Å²) in [5.41, 5.74) is 1.01. The average Bonchev–Trinajstić information content (AvgIpc) is 2.62. The molecular formula is C19H19ClN2O3. The molecule has 6 heteroatoms. The van der Waals surface area contributed by atoms with Crippen LogP contribution in [0.3, 0.4) is 0 Å². The van der Waals surface area contributed by atoms with Crippen LogP contribution >= 0.6 is 11.6 Å². The van der Waals surface area contributed by atoms with Crippen molar-refractivity contribution in [3.05, 3.63) is 53.2 Å². The highest BCUT2D eigenvalue weighted by molar-refractivity contribution is 6.34. The van der Waals surface area contributed by atoms with Crippen LogP contribution in [-0.4, -0.2) is 40.0 Å². The van der Waals surface area contributed by atoms with Gasteiger partial charge in [-0.2, -0.15) is 0 Å². The number of carboxylic acids is 1. The van der Waals surface area contributed by atoms with E-state index in [-0.39, 0.29) is 12.5 Å². The predicted octanol–water partition coefficient (Wildman–Crippen LogP) is 3.73. The standard InChI is InChI=1S/C19H19ClN2O3/c1-19(18(24)25)8-4-10-22(12-19)17(23)14-11-13(6-7-15(14)20)16-5-2-3-9-21-16/h2-3,5-7,9,11H,4,8,10,12H2,1H3,(H,24,25). The first kappa shape index (κ1) is 17.4. The molecule has 0 aliphatic carbocycles. The second-order valence-corrected chi connectivity index (χ2v) is 7.01. The minimum absolute atomic E-state index is 0.186. The minimum atomic E-state index is -0.918. The number of aliphatic carboxylic acids is 1. The molecule has 0 spiro atoms. The first-order chi connectivity index (χ1) is 11.9. The van der Waals surface area contributed by atoms with Crippen LogP contribution in [0.15, 0.2) is 42.6 Å². The molecule has 25 heavy (non-hydrogen) atoms. The highest BCUT2D eigenvalue weighted by atomic mass is 35.5. The van der Waals surface area contributed by atoms with Crippen LogP contribution in [0.25, 0.3) is 11.3 Å². The van der Waals surface area contributed by atoms with Crippen molar-refractivity contribution in [1.82, 2.24) is 9.88 Å². The Bertz CT molecular complexity index is 810. The molecule has 1 aliphatic rings. The van der Waals surface area contributed by atoms with E-state index in [1.54, 1.807) is 30.2 Å². The number of halogens is 1. The Balaban J connectivity index is 1.91. The van der Waals surface area contributed by atoms with Crippen molar-refractivity contribution in [2.24, 2.45) is 5.41 Å². The fraction of sp³-hybridized carbons (Fsp3) is 0.316. The molecule has 1 saturated heterocycles. The summed E-state index contributed by atoms with van der Waals surface area (Å²) in [5.74, 6) is -1.12. The Morgan fingerprint density at radius 1 is 1.28 bits per heavy atom. The molecule has 3 rings (SSSR count). The smallest absolute Gasteiger partial charge is 0.311 e. The van der Waals surface area contributed by atoms with Crippen LogP contribution in [0, 0.1) is 5.41 Å². The van der Waals surface area contributed by atoms with Gasteiger partial charge in [0.15, 0.2) is 0 Å². The Hall–Kier alpha value is -2.40. The van der Waals surface area contributed by atoms with Crippen LogP contribution < -0.4 is 0 Å². The zero-order valence-corrected chi connectivity index (χ0v) is 14.7. The fourth-order valence-electron chi connectivity index (χ4n) is 3.14. The van der Waals surface area contributed by atoms with Gasteiger partial charge in [0.1, 0.15) is 0 Å². The van der Waals surface area contributed by atoms with E-state index in [9.17, 15) is 14.7 Å². The third-order valence-corrected chi connectivity index (χ3v) is 4.99. The number of rotatable bonds is 3. The van der Waals surface area contributed by atoms with Crippen molar-refractivity contribution in [3.63, 3.8) is 0 Å². The molecule has 1 aromatic carbocycles. The van der Waals surface area contributed by atoms with Gasteiger partial charge < -0.3 is 10.0 Å². The van der Waals surface area contributed by atoms with Crippen LogP contribution in [0.4, 0.5) is 0 Å². The molecule has 1 aliphatic heterocycles. The number of piperidine rings is 1. The Morgan fingerprint density at radius 2 is 2.08 bits per heavy atom. The molecule has 1 N–H and O–H groups in total. The molecule has 1 fully saturated rings. The van der Waals surface area contributed by atoms with E-state index in [0.29, 0.717) is 30.0 Å². The lowest BCUT2D eigenvalue weighted by atomic mass is 9.82. The number of hydrogen-bond donors (Lipinski definition) is 1. The SMILES string of the molecule is CC1(C(=O)O)CCCN(C(=O)c2cc(-c3ccccn3)ccc2Cl)C1. The summed E-state index contributed by atoms with van der Waals surface area (Å²) in [7, 11) is 0. The van der Waals surface area contributed by atoms with E-state index in [1.165, 1.54) is 0 Å². The van der Waals surface area contributed by atoms with Crippen molar-refractivity contribution in [2.45, 2.75) is 19.8 Å². The highest BCUT2D eigenvalue weighted by Crippen LogP contribution is 2.32. The number of likely N-dealkylation sites (tertiary alicyclic amines) is 1. The predicted molar refractivity (Wildman–Crippen MR) is 95.6 cm³/mol. The summed E-state index contributed by atoms with van der Waals surface area (Å²) in [6, 6.07) is 10.8. The first-order valence-corrected chi connectivity index (χ1v) is 8.52. The summed E-state index contributed by atoms with van der Waals surface area (Å²) < 4.78 is 0. The summed E-state index contributed by atoms with van der Waals surface area (Å²) in [5, 5.41) is 9.80. The van der Waals surface area contributed by atoms with Crippen LogP contribution in [-0.2, 0) is 4.79 Å². The molecule has 5 nitrogen and oxygen atoms in total. The molecule has 1 amide bonds. The molecule has 130 valence electrons. The summed E-state index contributed by atoms with van der Waals surface area (Å²) >= 11 is 6.25. The topological polar surface area (TPSA) is 70.5 Å². The van der Waals surface area contributed by atoms with E-state index in [1.807, 2.05) is 24.3 Å². The minimum Gasteiger partial charge on any atom is -0.481 e. The number of carboxylic acid groups (broad SMARTS) is 1. The number of benzene rings is 1. The summed E-state index contributed by atoms with van der Waals surface area (Å²) in [4.78, 5) is 30.3. The van der Waals surface area contributed by atoms with Crippen molar-refractivity contribution in [3.8, 4) is 11.3 Å². The van der Waals surface area contributed by atoms with Crippen LogP contribution in [0.1, 0.15) is 30.1 Å². The molecule has 1 aromatic heterocycles. The number of pyridine rings is 1. The largest absolute Gasteiger partial charge is 0.481 e. The lowest BCUT2D eigenvalue weighted by molar-refractivity contribution is -0.150. The van der Waals surface area contributed by atoms with E-state index in [0.717, 1.165) is 11.3 Å². The van der Waals surface area contributed by atoms with Gasteiger partial charge in [0.2, 0.25) is 0 Å². The molecule has 0 saturated carbocycles. The maximum absolute atomic E-state index is 12.9. The van der Waals surface area contributed by atoms with Gasteiger partial charge in [0.05, 0.1) is 21.7 Å². The molecule has 2 aromatic rings. The third-order valence-electron chi connectivity index (χ3n) is 4.66. The molecule has 2 heterocycles. The van der Waals surface area contributed by atoms with Gasteiger partial charge in [-0.05, 0) is 44.0 Å². The summed E-state index contributed by atoms with van der Waals surface area (Å²) in [6.07, 6.45) is 2.91. The highest BCUT2D eigenvalue weighted by Gasteiger charge is 2.39. The molecular weight excluding hydrogens is 340 g/mol. The Kier molecular flexibility index (Phi) is 4.77. The molecule has 1 atom stereocenters. The zero-order chi connectivity index (χ0) is 18.0. The van der Waals surface area contributed by atoms with Gasteiger partial charge in [0, 0.05) is 24.8 Å². The molecule has 1 unspecified atom stereocenters. The van der Waals surface area contributed by atoms with Crippen LogP contribution in [0.5, 0.6) is 0 Å². The van der Waals surface area contributed by atoms with Gasteiger partial charge in [-0.15, -0.1) is 0 Å². The Morgan fingerprint density at radius 3 is 2.76 bits per heavy atom. The maximum atomic E-state index is 12.9. The van der Waals surface area contributed by atoms with Crippen molar-refractivity contribution in [2.75, 3.05) is 13.1 Å². The van der Waals surface area contributed by atoms with Gasteiger partial charge >= 0.3 is 5.97 Å². The fourth-order valence-corrected chi connectivity index (χ4v) is 3.34. The monoisotopic (exact) mass is 358 g/mol. The van der Waals surface area contributed by atoms with E-state index in [2.05, 4.69) is 4.98 Å². The number of nitrogens with zero attached hydrogens (tertiary/aromatic N) is 2. The third kappa shape index (κ3) is 3.51.